The van der Waals surface area contributed by atoms with Gasteiger partial charge in [0.15, 0.2) is 0 Å². The highest BCUT2D eigenvalue weighted by Crippen LogP contribution is 2.13. The van der Waals surface area contributed by atoms with Gasteiger partial charge in [-0.15, -0.1) is 0 Å². The highest BCUT2D eigenvalue weighted by atomic mass is 16.5. The molecular formula is C24H29N3O5. The summed E-state index contributed by atoms with van der Waals surface area (Å²) in [6, 6.07) is 14.0. The molecule has 1 fully saturated rings. The van der Waals surface area contributed by atoms with Crippen LogP contribution in [0.2, 0.25) is 0 Å². The molecule has 0 unspecified atom stereocenters. The van der Waals surface area contributed by atoms with Crippen LogP contribution in [0.5, 0.6) is 0 Å². The fourth-order valence-corrected chi connectivity index (χ4v) is 3.39. The molecule has 0 bridgehead atoms. The zero-order valence-corrected chi connectivity index (χ0v) is 18.0. The molecule has 32 heavy (non-hydrogen) atoms. The predicted octanol–water partition coefficient (Wildman–Crippen LogP) is 1.67. The van der Waals surface area contributed by atoms with Crippen LogP contribution in [0.3, 0.4) is 0 Å². The fourth-order valence-electron chi connectivity index (χ4n) is 3.39. The molecule has 4 N–H and O–H groups in total. The number of rotatable bonds is 8. The lowest BCUT2D eigenvalue weighted by Crippen LogP contribution is -2.51. The summed E-state index contributed by atoms with van der Waals surface area (Å²) in [5.41, 5.74) is 5.04. The van der Waals surface area contributed by atoms with Crippen molar-refractivity contribution in [1.29, 1.82) is 0 Å². The van der Waals surface area contributed by atoms with Crippen molar-refractivity contribution in [3.63, 3.8) is 0 Å². The molecule has 0 aliphatic carbocycles. The average molecular weight is 440 g/mol. The first-order valence-corrected chi connectivity index (χ1v) is 10.6. The zero-order chi connectivity index (χ0) is 22.9. The maximum Gasteiger partial charge on any atom is 0.268 e. The molecule has 8 heteroatoms. The van der Waals surface area contributed by atoms with Crippen molar-refractivity contribution in [3.8, 4) is 0 Å². The van der Waals surface area contributed by atoms with Gasteiger partial charge in [-0.3, -0.25) is 19.7 Å². The van der Waals surface area contributed by atoms with Gasteiger partial charge in [0.1, 0.15) is 6.04 Å². The summed E-state index contributed by atoms with van der Waals surface area (Å²) in [7, 11) is 0. The van der Waals surface area contributed by atoms with Gasteiger partial charge < -0.3 is 15.2 Å². The second kappa shape index (κ2) is 11.5. The number of ether oxygens (including phenoxy) is 1. The Morgan fingerprint density at radius 1 is 1.03 bits per heavy atom. The number of hydroxylamine groups is 1. The van der Waals surface area contributed by atoms with Crippen molar-refractivity contribution in [1.82, 2.24) is 15.7 Å². The van der Waals surface area contributed by atoms with Crippen molar-refractivity contribution in [3.05, 3.63) is 70.8 Å². The number of carbonyl (C=O) groups excluding carboxylic acids is 2. The van der Waals surface area contributed by atoms with Crippen LogP contribution in [0.1, 0.15) is 34.0 Å². The van der Waals surface area contributed by atoms with Gasteiger partial charge in [-0.05, 0) is 35.7 Å². The molecule has 0 spiro atoms. The van der Waals surface area contributed by atoms with Crippen molar-refractivity contribution in [2.24, 2.45) is 0 Å². The second-order valence-corrected chi connectivity index (χ2v) is 7.75. The Labute approximate surface area is 187 Å². The van der Waals surface area contributed by atoms with Crippen LogP contribution in [0.4, 0.5) is 0 Å². The predicted molar refractivity (Wildman–Crippen MR) is 121 cm³/mol. The molecule has 170 valence electrons. The van der Waals surface area contributed by atoms with Crippen LogP contribution in [0.15, 0.2) is 48.5 Å². The molecule has 0 radical (unpaired) electrons. The van der Waals surface area contributed by atoms with Crippen LogP contribution in [-0.4, -0.2) is 65.5 Å². The van der Waals surface area contributed by atoms with Crippen LogP contribution in [-0.2, 0) is 16.1 Å². The molecule has 2 atom stereocenters. The van der Waals surface area contributed by atoms with Gasteiger partial charge in [0.2, 0.25) is 0 Å². The number of benzene rings is 2. The number of amides is 2. The zero-order valence-electron chi connectivity index (χ0n) is 18.0. The van der Waals surface area contributed by atoms with Crippen molar-refractivity contribution in [2.75, 3.05) is 26.3 Å². The Bertz CT molecular complexity index is 920. The van der Waals surface area contributed by atoms with Crippen LogP contribution in [0.25, 0.3) is 12.2 Å². The first-order chi connectivity index (χ1) is 15.5. The number of morpholine rings is 1. The minimum atomic E-state index is -1.25. The Balaban J connectivity index is 1.56. The molecule has 3 rings (SSSR count). The van der Waals surface area contributed by atoms with E-state index >= 15 is 0 Å². The van der Waals surface area contributed by atoms with E-state index in [1.807, 2.05) is 12.2 Å². The smallest absolute Gasteiger partial charge is 0.268 e. The van der Waals surface area contributed by atoms with Crippen LogP contribution < -0.4 is 10.8 Å². The highest BCUT2D eigenvalue weighted by molar-refractivity contribution is 5.97. The van der Waals surface area contributed by atoms with E-state index in [0.29, 0.717) is 5.56 Å². The second-order valence-electron chi connectivity index (χ2n) is 7.75. The van der Waals surface area contributed by atoms with Crippen LogP contribution >= 0.6 is 0 Å². The molecule has 2 amide bonds. The van der Waals surface area contributed by atoms with E-state index in [2.05, 4.69) is 34.5 Å². The third-order valence-electron chi connectivity index (χ3n) is 5.29. The summed E-state index contributed by atoms with van der Waals surface area (Å²) in [5, 5.41) is 20.8. The van der Waals surface area contributed by atoms with Crippen molar-refractivity contribution >= 4 is 24.0 Å². The molecule has 0 aromatic heterocycles. The topological polar surface area (TPSA) is 111 Å². The average Bonchev–Trinajstić information content (AvgIpc) is 2.82. The molecule has 1 aliphatic rings. The number of hydrogen-bond acceptors (Lipinski definition) is 6. The van der Waals surface area contributed by atoms with Gasteiger partial charge in [0.25, 0.3) is 11.8 Å². The number of nitrogens with zero attached hydrogens (tertiary/aromatic N) is 1. The van der Waals surface area contributed by atoms with E-state index in [9.17, 15) is 14.7 Å². The van der Waals surface area contributed by atoms with E-state index in [4.69, 9.17) is 9.94 Å². The Morgan fingerprint density at radius 2 is 1.59 bits per heavy atom. The molecule has 1 heterocycles. The highest BCUT2D eigenvalue weighted by Gasteiger charge is 2.25. The summed E-state index contributed by atoms with van der Waals surface area (Å²) < 4.78 is 5.38. The molecule has 1 saturated heterocycles. The monoisotopic (exact) mass is 439 g/mol. The maximum atomic E-state index is 12.3. The standard InChI is InChI=1S/C24H29N3O5/c1-17(28)22(24(30)26-31)25-23(29)21-10-8-19(9-11-21)3-2-18-4-6-20(7-5-18)16-27-12-14-32-15-13-27/h2-11,17,22,28,31H,12-16H2,1H3,(H,25,29)(H,26,30)/b3-2-/t17-,22+/m1/s1. The lowest BCUT2D eigenvalue weighted by Gasteiger charge is -2.26. The summed E-state index contributed by atoms with van der Waals surface area (Å²) in [4.78, 5) is 26.3. The first kappa shape index (κ1) is 23.6. The van der Waals surface area contributed by atoms with E-state index in [-0.39, 0.29) is 0 Å². The fraction of sp³-hybridized carbons (Fsp3) is 0.333. The van der Waals surface area contributed by atoms with E-state index < -0.39 is 24.0 Å². The van der Waals surface area contributed by atoms with E-state index in [0.717, 1.165) is 44.0 Å². The molecule has 8 nitrogen and oxygen atoms in total. The summed E-state index contributed by atoms with van der Waals surface area (Å²) >= 11 is 0. The van der Waals surface area contributed by atoms with Gasteiger partial charge in [0, 0.05) is 25.2 Å². The quantitative estimate of drug-likeness (QED) is 0.283. The third-order valence-corrected chi connectivity index (χ3v) is 5.29. The lowest BCUT2D eigenvalue weighted by atomic mass is 10.1. The van der Waals surface area contributed by atoms with E-state index in [1.54, 1.807) is 24.3 Å². The minimum Gasteiger partial charge on any atom is -0.391 e. The van der Waals surface area contributed by atoms with Gasteiger partial charge in [-0.1, -0.05) is 48.6 Å². The number of nitrogens with one attached hydrogen (secondary N) is 2. The van der Waals surface area contributed by atoms with E-state index in [1.165, 1.54) is 18.0 Å². The number of aliphatic hydroxyl groups is 1. The van der Waals surface area contributed by atoms with Gasteiger partial charge in [0.05, 0.1) is 19.3 Å². The molecule has 2 aromatic rings. The molecule has 1 aliphatic heterocycles. The minimum absolute atomic E-state index is 0.339. The third kappa shape index (κ3) is 6.73. The maximum absolute atomic E-state index is 12.3. The van der Waals surface area contributed by atoms with Gasteiger partial charge in [-0.25, -0.2) is 5.48 Å². The SMILES string of the molecule is C[C@@H](O)[C@H](NC(=O)c1ccc(/C=C\c2ccc(CN3CCOCC3)cc2)cc1)C(=O)NO. The Hall–Kier alpha value is -3.04. The van der Waals surface area contributed by atoms with Crippen LogP contribution in [0, 0.1) is 0 Å². The lowest BCUT2D eigenvalue weighted by molar-refractivity contribution is -0.133. The number of hydrogen-bond donors (Lipinski definition) is 4. The van der Waals surface area contributed by atoms with Crippen molar-refractivity contribution in [2.45, 2.75) is 25.6 Å². The molecular weight excluding hydrogens is 410 g/mol. The summed E-state index contributed by atoms with van der Waals surface area (Å²) in [6.45, 7) is 5.78. The summed E-state index contributed by atoms with van der Waals surface area (Å²) in [5.74, 6) is -1.41. The van der Waals surface area contributed by atoms with Gasteiger partial charge >= 0.3 is 0 Å². The number of aliphatic hydroxyl groups excluding tert-OH is 1. The van der Waals surface area contributed by atoms with Gasteiger partial charge in [-0.2, -0.15) is 0 Å². The Morgan fingerprint density at radius 3 is 2.12 bits per heavy atom. The number of carbonyl (C=O) groups is 2. The first-order valence-electron chi connectivity index (χ1n) is 10.6. The van der Waals surface area contributed by atoms with Crippen molar-refractivity contribution < 1.29 is 24.6 Å². The summed E-state index contributed by atoms with van der Waals surface area (Å²) in [6.07, 6.45) is 2.80. The largest absolute Gasteiger partial charge is 0.391 e. The Kier molecular flexibility index (Phi) is 8.52. The molecule has 2 aromatic carbocycles. The molecule has 0 saturated carbocycles. The normalized spacial score (nSPS) is 16.5.